The zero-order valence-corrected chi connectivity index (χ0v) is 15.6. The average molecular weight is 369 g/mol. The van der Waals surface area contributed by atoms with E-state index in [-0.39, 0.29) is 11.3 Å². The summed E-state index contributed by atoms with van der Waals surface area (Å²) in [6, 6.07) is 11.9. The third-order valence-corrected chi connectivity index (χ3v) is 5.23. The van der Waals surface area contributed by atoms with Crippen molar-refractivity contribution in [1.29, 1.82) is 0 Å². The predicted molar refractivity (Wildman–Crippen MR) is 103 cm³/mol. The smallest absolute Gasteiger partial charge is 0.279 e. The van der Waals surface area contributed by atoms with Crippen LogP contribution in [-0.4, -0.2) is 15.4 Å². The normalized spacial score (nSPS) is 12.1. The zero-order valence-electron chi connectivity index (χ0n) is 14.8. The number of amides is 1. The van der Waals surface area contributed by atoms with E-state index in [0.29, 0.717) is 17.3 Å². The monoisotopic (exact) mass is 369 g/mol. The Morgan fingerprint density at radius 2 is 2.04 bits per heavy atom. The predicted octanol–water partition coefficient (Wildman–Crippen LogP) is 4.50. The Kier molecular flexibility index (Phi) is 4.99. The molecule has 7 heteroatoms. The molecule has 134 valence electrons. The van der Waals surface area contributed by atoms with E-state index in [1.807, 2.05) is 11.5 Å². The van der Waals surface area contributed by atoms with Crippen LogP contribution in [0.1, 0.15) is 42.6 Å². The highest BCUT2D eigenvalue weighted by molar-refractivity contribution is 7.16. The molecule has 2 aromatic carbocycles. The van der Waals surface area contributed by atoms with Gasteiger partial charge in [-0.25, -0.2) is 0 Å². The van der Waals surface area contributed by atoms with Crippen molar-refractivity contribution in [3.05, 3.63) is 68.5 Å². The van der Waals surface area contributed by atoms with Crippen LogP contribution >= 0.6 is 11.3 Å². The lowest BCUT2D eigenvalue weighted by atomic mass is 10.0. The van der Waals surface area contributed by atoms with Gasteiger partial charge in [-0.1, -0.05) is 37.3 Å². The van der Waals surface area contributed by atoms with Crippen LogP contribution in [0.4, 0.5) is 5.69 Å². The summed E-state index contributed by atoms with van der Waals surface area (Å²) in [5, 5.41) is 10.9. The summed E-state index contributed by atoms with van der Waals surface area (Å²) in [6.07, 6.45) is 0. The van der Waals surface area contributed by atoms with Crippen molar-refractivity contribution >= 4 is 33.1 Å². The van der Waals surface area contributed by atoms with Gasteiger partial charge in [0.25, 0.3) is 11.6 Å². The van der Waals surface area contributed by atoms with Gasteiger partial charge in [-0.2, -0.15) is 4.99 Å². The van der Waals surface area contributed by atoms with Gasteiger partial charge >= 0.3 is 0 Å². The maximum atomic E-state index is 12.5. The fourth-order valence-electron chi connectivity index (χ4n) is 2.74. The maximum absolute atomic E-state index is 12.5. The number of benzene rings is 2. The Morgan fingerprint density at radius 3 is 2.69 bits per heavy atom. The van der Waals surface area contributed by atoms with Crippen LogP contribution in [0.3, 0.4) is 0 Å². The zero-order chi connectivity index (χ0) is 18.8. The molecule has 3 rings (SSSR count). The minimum Gasteiger partial charge on any atom is -0.317 e. The van der Waals surface area contributed by atoms with Crippen LogP contribution in [0.5, 0.6) is 0 Å². The fraction of sp³-hybridized carbons (Fsp3) is 0.263. The molecule has 0 fully saturated rings. The second-order valence-electron chi connectivity index (χ2n) is 6.24. The minimum atomic E-state index is -0.518. The van der Waals surface area contributed by atoms with Crippen LogP contribution < -0.4 is 4.80 Å². The first kappa shape index (κ1) is 18.0. The molecular formula is C19H19N3O3S. The molecule has 0 atom stereocenters. The fourth-order valence-corrected chi connectivity index (χ4v) is 3.88. The largest absolute Gasteiger partial charge is 0.317 e. The number of nitrogens with zero attached hydrogens (tertiary/aromatic N) is 3. The van der Waals surface area contributed by atoms with Crippen LogP contribution in [0, 0.1) is 10.1 Å². The molecular weight excluding hydrogens is 350 g/mol. The van der Waals surface area contributed by atoms with Crippen molar-refractivity contribution in [2.24, 2.45) is 4.99 Å². The molecule has 0 unspecified atom stereocenters. The van der Waals surface area contributed by atoms with Gasteiger partial charge in [-0.3, -0.25) is 14.9 Å². The number of thiazole rings is 1. The van der Waals surface area contributed by atoms with Crippen LogP contribution in [0.15, 0.2) is 47.5 Å². The van der Waals surface area contributed by atoms with Crippen molar-refractivity contribution in [1.82, 2.24) is 4.57 Å². The topological polar surface area (TPSA) is 77.5 Å². The molecule has 6 nitrogen and oxygen atoms in total. The van der Waals surface area contributed by atoms with E-state index in [2.05, 4.69) is 37.0 Å². The van der Waals surface area contributed by atoms with Crippen molar-refractivity contribution in [2.45, 2.75) is 33.2 Å². The van der Waals surface area contributed by atoms with E-state index in [1.54, 1.807) is 6.07 Å². The molecule has 1 amide bonds. The quantitative estimate of drug-likeness (QED) is 0.502. The number of nitro groups is 1. The highest BCUT2D eigenvalue weighted by Gasteiger charge is 2.13. The lowest BCUT2D eigenvalue weighted by molar-refractivity contribution is -0.384. The third kappa shape index (κ3) is 3.43. The van der Waals surface area contributed by atoms with Crippen LogP contribution in [0.25, 0.3) is 10.2 Å². The van der Waals surface area contributed by atoms with Crippen LogP contribution in [-0.2, 0) is 6.54 Å². The van der Waals surface area contributed by atoms with Gasteiger partial charge in [0, 0.05) is 24.2 Å². The van der Waals surface area contributed by atoms with Crippen molar-refractivity contribution < 1.29 is 9.72 Å². The summed E-state index contributed by atoms with van der Waals surface area (Å²) in [7, 11) is 0. The van der Waals surface area contributed by atoms with Gasteiger partial charge in [0.2, 0.25) is 0 Å². The molecule has 0 aliphatic carbocycles. The van der Waals surface area contributed by atoms with Gasteiger partial charge in [0.05, 0.1) is 15.1 Å². The van der Waals surface area contributed by atoms with Gasteiger partial charge in [-0.15, -0.1) is 0 Å². The number of carbonyl (C=O) groups is 1. The van der Waals surface area contributed by atoms with Crippen molar-refractivity contribution in [2.75, 3.05) is 0 Å². The number of hydrogen-bond donors (Lipinski definition) is 0. The molecule has 0 N–H and O–H groups in total. The second-order valence-corrected chi connectivity index (χ2v) is 7.24. The SMILES string of the molecule is CCn1c(=NC(=O)c2cccc([N+](=O)[O-])c2)sc2cc(C(C)C)ccc21. The Hall–Kier alpha value is -2.80. The Morgan fingerprint density at radius 1 is 1.27 bits per heavy atom. The molecule has 0 bridgehead atoms. The van der Waals surface area contributed by atoms with E-state index in [9.17, 15) is 14.9 Å². The summed E-state index contributed by atoms with van der Waals surface area (Å²) in [5.74, 6) is -0.0602. The van der Waals surface area contributed by atoms with Gasteiger partial charge in [-0.05, 0) is 36.6 Å². The van der Waals surface area contributed by atoms with Gasteiger partial charge in [0.1, 0.15) is 0 Å². The standard InChI is InChI=1S/C19H19N3O3S/c1-4-21-16-9-8-13(12(2)3)11-17(16)26-19(21)20-18(23)14-6-5-7-15(10-14)22(24)25/h5-12H,4H2,1-3H3. The lowest BCUT2D eigenvalue weighted by Gasteiger charge is -2.05. The number of non-ortho nitro benzene ring substituents is 1. The number of carbonyl (C=O) groups excluding carboxylic acids is 1. The van der Waals surface area contributed by atoms with E-state index < -0.39 is 10.8 Å². The summed E-state index contributed by atoms with van der Waals surface area (Å²) < 4.78 is 3.06. The summed E-state index contributed by atoms with van der Waals surface area (Å²) in [5.41, 5.74) is 2.36. The number of aryl methyl sites for hydroxylation is 1. The third-order valence-electron chi connectivity index (χ3n) is 4.19. The highest BCUT2D eigenvalue weighted by atomic mass is 32.1. The first-order valence-corrected chi connectivity index (χ1v) is 9.19. The molecule has 0 saturated heterocycles. The number of fused-ring (bicyclic) bond motifs is 1. The average Bonchev–Trinajstić information content (AvgIpc) is 2.97. The van der Waals surface area contributed by atoms with E-state index >= 15 is 0 Å². The minimum absolute atomic E-state index is 0.118. The van der Waals surface area contributed by atoms with E-state index in [1.165, 1.54) is 35.1 Å². The molecule has 1 aromatic heterocycles. The molecule has 0 radical (unpaired) electrons. The second kappa shape index (κ2) is 7.21. The first-order chi connectivity index (χ1) is 12.4. The van der Waals surface area contributed by atoms with Gasteiger partial charge < -0.3 is 4.57 Å². The van der Waals surface area contributed by atoms with Crippen LogP contribution in [0.2, 0.25) is 0 Å². The number of aromatic nitrogens is 1. The molecule has 26 heavy (non-hydrogen) atoms. The lowest BCUT2D eigenvalue weighted by Crippen LogP contribution is -2.15. The summed E-state index contributed by atoms with van der Waals surface area (Å²) in [6.45, 7) is 6.96. The Bertz CT molecular complexity index is 1060. The molecule has 0 spiro atoms. The molecule has 0 aliphatic heterocycles. The number of nitro benzene ring substituents is 1. The summed E-state index contributed by atoms with van der Waals surface area (Å²) in [4.78, 5) is 27.7. The number of hydrogen-bond acceptors (Lipinski definition) is 4. The van der Waals surface area contributed by atoms with E-state index in [4.69, 9.17) is 0 Å². The van der Waals surface area contributed by atoms with E-state index in [0.717, 1.165) is 10.2 Å². The Balaban J connectivity index is 2.10. The molecule has 1 heterocycles. The highest BCUT2D eigenvalue weighted by Crippen LogP contribution is 2.23. The molecule has 3 aromatic rings. The first-order valence-electron chi connectivity index (χ1n) is 8.37. The Labute approximate surface area is 154 Å². The van der Waals surface area contributed by atoms with Crippen molar-refractivity contribution in [3.63, 3.8) is 0 Å². The molecule has 0 aliphatic rings. The van der Waals surface area contributed by atoms with Gasteiger partial charge in [0.15, 0.2) is 4.80 Å². The molecule has 0 saturated carbocycles. The summed E-state index contributed by atoms with van der Waals surface area (Å²) >= 11 is 1.46. The maximum Gasteiger partial charge on any atom is 0.279 e. The number of rotatable bonds is 4. The van der Waals surface area contributed by atoms with Crippen molar-refractivity contribution in [3.8, 4) is 0 Å².